The van der Waals surface area contributed by atoms with E-state index in [0.29, 0.717) is 23.3 Å². The van der Waals surface area contributed by atoms with E-state index in [2.05, 4.69) is 5.32 Å². The van der Waals surface area contributed by atoms with Gasteiger partial charge < -0.3 is 5.32 Å². The zero-order chi connectivity index (χ0) is 21.3. The van der Waals surface area contributed by atoms with Crippen LogP contribution in [0.1, 0.15) is 31.8 Å². The van der Waals surface area contributed by atoms with Crippen molar-refractivity contribution in [2.45, 2.75) is 13.8 Å². The Hall–Kier alpha value is -3.99. The average molecular weight is 396 g/mol. The van der Waals surface area contributed by atoms with Crippen LogP contribution in [0.5, 0.6) is 0 Å². The lowest BCUT2D eigenvalue weighted by atomic mass is 9.89. The van der Waals surface area contributed by atoms with Crippen molar-refractivity contribution in [2.24, 2.45) is 0 Å². The molecule has 1 aliphatic rings. The molecule has 0 aliphatic heterocycles. The smallest absolute Gasteiger partial charge is 0.218 e. The summed E-state index contributed by atoms with van der Waals surface area (Å²) in [6.45, 7) is 3.90. The molecule has 148 valence electrons. The Bertz CT molecular complexity index is 1180. The quantitative estimate of drug-likeness (QED) is 0.637. The van der Waals surface area contributed by atoms with Gasteiger partial charge >= 0.3 is 0 Å². The molecule has 0 spiro atoms. The molecule has 1 N–H and O–H groups in total. The van der Waals surface area contributed by atoms with E-state index in [-0.39, 0.29) is 28.5 Å². The number of carbonyl (C=O) groups is 3. The van der Waals surface area contributed by atoms with Gasteiger partial charge in [-0.05, 0) is 38.1 Å². The molecule has 0 radical (unpaired) electrons. The van der Waals surface area contributed by atoms with Crippen molar-refractivity contribution in [3.63, 3.8) is 0 Å². The number of allylic oxidation sites excluding steroid dienone is 2. The van der Waals surface area contributed by atoms with Crippen molar-refractivity contribution in [1.29, 1.82) is 0 Å². The lowest BCUT2D eigenvalue weighted by molar-refractivity contribution is -0.107. The summed E-state index contributed by atoms with van der Waals surface area (Å²) < 4.78 is 0. The molecular weight excluding hydrogens is 376 g/mol. The Morgan fingerprint density at radius 1 is 0.733 bits per heavy atom. The van der Waals surface area contributed by atoms with Crippen LogP contribution in [0.2, 0.25) is 0 Å². The molecule has 1 amide bonds. The molecule has 0 atom stereocenters. The number of aryl methyl sites for hydroxylation is 2. The largest absolute Gasteiger partial charge is 0.350 e. The monoisotopic (exact) mass is 396 g/mol. The van der Waals surface area contributed by atoms with E-state index >= 15 is 0 Å². The maximum Gasteiger partial charge on any atom is 0.218 e. The molecule has 5 nitrogen and oxygen atoms in total. The van der Waals surface area contributed by atoms with Crippen molar-refractivity contribution in [2.75, 3.05) is 10.2 Å². The maximum absolute atomic E-state index is 13.4. The summed E-state index contributed by atoms with van der Waals surface area (Å²) in [5.74, 6) is -0.716. The van der Waals surface area contributed by atoms with Crippen molar-refractivity contribution in [3.05, 3.63) is 106 Å². The molecular formula is C25H20N2O3. The molecule has 3 aromatic carbocycles. The van der Waals surface area contributed by atoms with E-state index in [4.69, 9.17) is 0 Å². The van der Waals surface area contributed by atoms with E-state index in [1.54, 1.807) is 36.4 Å². The van der Waals surface area contributed by atoms with Crippen LogP contribution in [0.3, 0.4) is 0 Å². The second-order valence-corrected chi connectivity index (χ2v) is 7.23. The van der Waals surface area contributed by atoms with Crippen molar-refractivity contribution in [3.8, 4) is 0 Å². The minimum atomic E-state index is -0.382. The zero-order valence-corrected chi connectivity index (χ0v) is 16.7. The molecule has 30 heavy (non-hydrogen) atoms. The third-order valence-electron chi connectivity index (χ3n) is 5.07. The number of ketones is 2. The SMILES string of the molecule is Cc1ccc(NC2=C(N(C=O)c3ccc(C)cc3)C(=O)c3ccccc3C2=O)cc1. The number of amides is 1. The van der Waals surface area contributed by atoms with Gasteiger partial charge in [-0.15, -0.1) is 0 Å². The summed E-state index contributed by atoms with van der Waals surface area (Å²) in [5, 5.41) is 3.08. The van der Waals surface area contributed by atoms with E-state index in [0.717, 1.165) is 11.1 Å². The molecule has 0 saturated carbocycles. The molecule has 0 fully saturated rings. The van der Waals surface area contributed by atoms with Crippen LogP contribution in [0.4, 0.5) is 11.4 Å². The van der Waals surface area contributed by atoms with Gasteiger partial charge in [0.05, 0.1) is 0 Å². The highest BCUT2D eigenvalue weighted by molar-refractivity contribution is 6.29. The molecule has 4 rings (SSSR count). The Morgan fingerprint density at radius 2 is 1.27 bits per heavy atom. The van der Waals surface area contributed by atoms with Gasteiger partial charge in [-0.1, -0.05) is 59.7 Å². The fraction of sp³-hybridized carbons (Fsp3) is 0.0800. The zero-order valence-electron chi connectivity index (χ0n) is 16.7. The first-order valence-electron chi connectivity index (χ1n) is 9.57. The number of rotatable bonds is 5. The van der Waals surface area contributed by atoms with Crippen LogP contribution in [-0.2, 0) is 4.79 Å². The van der Waals surface area contributed by atoms with Crippen molar-refractivity contribution in [1.82, 2.24) is 0 Å². The molecule has 0 aromatic heterocycles. The second-order valence-electron chi connectivity index (χ2n) is 7.23. The Morgan fingerprint density at radius 3 is 1.83 bits per heavy atom. The third kappa shape index (κ3) is 3.42. The maximum atomic E-state index is 13.4. The lowest BCUT2D eigenvalue weighted by Gasteiger charge is -2.28. The first kappa shape index (κ1) is 19.3. The van der Waals surface area contributed by atoms with Crippen LogP contribution in [0.25, 0.3) is 0 Å². The first-order valence-corrected chi connectivity index (χ1v) is 9.57. The predicted octanol–water partition coefficient (Wildman–Crippen LogP) is 4.67. The Labute approximate surface area is 174 Å². The second kappa shape index (κ2) is 7.79. The summed E-state index contributed by atoms with van der Waals surface area (Å²) in [7, 11) is 0. The summed E-state index contributed by atoms with van der Waals surface area (Å²) in [4.78, 5) is 40.1. The van der Waals surface area contributed by atoms with Crippen LogP contribution >= 0.6 is 0 Å². The number of Topliss-reactive ketones (excluding diaryl/α,β-unsaturated/α-hetero) is 2. The van der Waals surface area contributed by atoms with Gasteiger partial charge in [0.1, 0.15) is 11.4 Å². The highest BCUT2D eigenvalue weighted by Crippen LogP contribution is 2.31. The molecule has 0 heterocycles. The number of benzene rings is 3. The van der Waals surface area contributed by atoms with Crippen LogP contribution in [0, 0.1) is 13.8 Å². The minimum Gasteiger partial charge on any atom is -0.350 e. The van der Waals surface area contributed by atoms with Crippen molar-refractivity contribution >= 4 is 29.4 Å². The molecule has 5 heteroatoms. The molecule has 3 aromatic rings. The number of carbonyl (C=O) groups excluding carboxylic acids is 3. The van der Waals surface area contributed by atoms with Gasteiger partial charge in [-0.25, -0.2) is 0 Å². The summed E-state index contributed by atoms with van der Waals surface area (Å²) >= 11 is 0. The molecule has 0 bridgehead atoms. The van der Waals surface area contributed by atoms with Gasteiger partial charge in [0, 0.05) is 22.5 Å². The van der Waals surface area contributed by atoms with Crippen LogP contribution in [-0.4, -0.2) is 18.0 Å². The highest BCUT2D eigenvalue weighted by atomic mass is 16.2. The lowest BCUT2D eigenvalue weighted by Crippen LogP contribution is -2.35. The van der Waals surface area contributed by atoms with Crippen LogP contribution < -0.4 is 10.2 Å². The number of fused-ring (bicyclic) bond motifs is 1. The van der Waals surface area contributed by atoms with E-state index < -0.39 is 0 Å². The molecule has 0 unspecified atom stereocenters. The predicted molar refractivity (Wildman–Crippen MR) is 117 cm³/mol. The van der Waals surface area contributed by atoms with Crippen LogP contribution in [0.15, 0.2) is 84.2 Å². The molecule has 1 aliphatic carbocycles. The number of nitrogens with zero attached hydrogens (tertiary/aromatic N) is 1. The number of hydrogen-bond acceptors (Lipinski definition) is 4. The third-order valence-corrected chi connectivity index (χ3v) is 5.07. The highest BCUT2D eigenvalue weighted by Gasteiger charge is 2.36. The van der Waals surface area contributed by atoms with Gasteiger partial charge in [-0.3, -0.25) is 19.3 Å². The average Bonchev–Trinajstić information content (AvgIpc) is 2.77. The number of nitrogens with one attached hydrogen (secondary N) is 1. The Kier molecular flexibility index (Phi) is 5.02. The summed E-state index contributed by atoms with van der Waals surface area (Å²) in [6.07, 6.45) is 0.565. The fourth-order valence-electron chi connectivity index (χ4n) is 3.44. The van der Waals surface area contributed by atoms with Gasteiger partial charge in [-0.2, -0.15) is 0 Å². The van der Waals surface area contributed by atoms with E-state index in [1.807, 2.05) is 50.2 Å². The number of anilines is 2. The topological polar surface area (TPSA) is 66.5 Å². The normalized spacial score (nSPS) is 13.1. The standard InChI is InChI=1S/C25H20N2O3/c1-16-7-11-18(12-8-16)26-22-23(27(15-28)19-13-9-17(2)10-14-19)25(30)21-6-4-3-5-20(21)24(22)29/h3-15,26H,1-2H3. The first-order chi connectivity index (χ1) is 14.5. The number of hydrogen-bond donors (Lipinski definition) is 1. The van der Waals surface area contributed by atoms with Gasteiger partial charge in [0.15, 0.2) is 0 Å². The summed E-state index contributed by atoms with van der Waals surface area (Å²) in [6, 6.07) is 21.3. The Balaban J connectivity index is 1.90. The minimum absolute atomic E-state index is 0.0122. The molecule has 0 saturated heterocycles. The van der Waals surface area contributed by atoms with Gasteiger partial charge in [0.25, 0.3) is 0 Å². The van der Waals surface area contributed by atoms with E-state index in [9.17, 15) is 14.4 Å². The summed E-state index contributed by atoms with van der Waals surface area (Å²) in [5.41, 5.74) is 3.95. The van der Waals surface area contributed by atoms with E-state index in [1.165, 1.54) is 4.90 Å². The fourth-order valence-corrected chi connectivity index (χ4v) is 3.44. The van der Waals surface area contributed by atoms with Crippen molar-refractivity contribution < 1.29 is 14.4 Å². The van der Waals surface area contributed by atoms with Gasteiger partial charge in [0.2, 0.25) is 18.0 Å².